The molecule has 0 aliphatic rings. The Kier molecular flexibility index (Phi) is 7.38. The van der Waals surface area contributed by atoms with Crippen molar-refractivity contribution in [3.63, 3.8) is 0 Å². The molecule has 1 aromatic rings. The molecule has 0 fully saturated rings. The van der Waals surface area contributed by atoms with Crippen LogP contribution in [0.25, 0.3) is 0 Å². The number of aliphatic carboxylic acids is 1. The molecule has 1 rings (SSSR count). The smallest absolute Gasteiger partial charge is 0.329 e. The summed E-state index contributed by atoms with van der Waals surface area (Å²) in [5.74, 6) is -0.923. The number of halogens is 1. The molecule has 0 saturated heterocycles. The topological polar surface area (TPSA) is 63.6 Å². The molecule has 0 amide bonds. The van der Waals surface area contributed by atoms with Gasteiger partial charge in [-0.2, -0.15) is 0 Å². The van der Waals surface area contributed by atoms with Crippen LogP contribution in [0.2, 0.25) is 0 Å². The molecule has 0 aromatic heterocycles. The molecule has 17 heavy (non-hydrogen) atoms. The van der Waals surface area contributed by atoms with E-state index in [4.69, 9.17) is 9.84 Å². The van der Waals surface area contributed by atoms with Crippen molar-refractivity contribution in [1.82, 2.24) is 0 Å². The van der Waals surface area contributed by atoms with Crippen LogP contribution < -0.4 is 4.74 Å². The number of Topliss-reactive ketones (excluding diaryl/α,β-unsaturated/α-hetero) is 1. The van der Waals surface area contributed by atoms with E-state index in [2.05, 4.69) is 15.9 Å². The number of carboxylic acids is 1. The van der Waals surface area contributed by atoms with E-state index in [-0.39, 0.29) is 39.8 Å². The Balaban J connectivity index is 0.00000256. The van der Waals surface area contributed by atoms with E-state index < -0.39 is 5.97 Å². The summed E-state index contributed by atoms with van der Waals surface area (Å²) >= 11 is 2.92. The summed E-state index contributed by atoms with van der Waals surface area (Å²) in [6.45, 7) is 0. The summed E-state index contributed by atoms with van der Waals surface area (Å²) < 4.78 is 4.95. The van der Waals surface area contributed by atoms with Gasteiger partial charge in [0.15, 0.2) is 5.78 Å². The van der Waals surface area contributed by atoms with E-state index >= 15 is 0 Å². The Bertz CT molecular complexity index is 439. The molecule has 0 aliphatic heterocycles. The van der Waals surface area contributed by atoms with E-state index in [1.165, 1.54) is 7.11 Å². The molecule has 0 spiro atoms. The van der Waals surface area contributed by atoms with Crippen LogP contribution >= 0.6 is 15.9 Å². The van der Waals surface area contributed by atoms with E-state index in [1.54, 1.807) is 24.3 Å². The van der Waals surface area contributed by atoms with Crippen LogP contribution in [-0.4, -0.2) is 53.5 Å². The Morgan fingerprint density at radius 1 is 1.29 bits per heavy atom. The fraction of sp³-hybridized carbons (Fsp3) is 0.0909. The van der Waals surface area contributed by atoms with Crippen molar-refractivity contribution < 1.29 is 19.4 Å². The maximum Gasteiger partial charge on any atom is 0.329 e. The second kappa shape index (κ2) is 7.66. The third-order valence-electron chi connectivity index (χ3n) is 1.82. The molecule has 0 atom stereocenters. The summed E-state index contributed by atoms with van der Waals surface area (Å²) in [5.41, 5.74) is 0.394. The molecule has 1 N–H and O–H groups in total. The van der Waals surface area contributed by atoms with Crippen molar-refractivity contribution in [3.8, 4) is 5.75 Å². The molecule has 0 unspecified atom stereocenters. The van der Waals surface area contributed by atoms with Gasteiger partial charge < -0.3 is 9.84 Å². The maximum absolute atomic E-state index is 11.7. The zero-order valence-corrected chi connectivity index (χ0v) is 13.0. The summed E-state index contributed by atoms with van der Waals surface area (Å²) in [7, 11) is 1.52. The first-order valence-corrected chi connectivity index (χ1v) is 5.12. The molecular weight excluding hydrogens is 299 g/mol. The van der Waals surface area contributed by atoms with Crippen molar-refractivity contribution in [2.45, 2.75) is 0 Å². The maximum atomic E-state index is 11.7. The van der Waals surface area contributed by atoms with Crippen LogP contribution in [0.15, 0.2) is 34.8 Å². The Labute approximate surface area is 129 Å². The van der Waals surface area contributed by atoms with Crippen molar-refractivity contribution in [1.29, 1.82) is 0 Å². The van der Waals surface area contributed by atoms with Gasteiger partial charge in [0.25, 0.3) is 0 Å². The SMILES string of the molecule is COc1ccc(C(=O)/C(Br)=C\C(=O)O)cc1.[Na]. The van der Waals surface area contributed by atoms with E-state index in [0.717, 1.165) is 6.08 Å². The van der Waals surface area contributed by atoms with E-state index in [9.17, 15) is 9.59 Å². The van der Waals surface area contributed by atoms with Crippen molar-refractivity contribution in [2.75, 3.05) is 7.11 Å². The van der Waals surface area contributed by atoms with E-state index in [0.29, 0.717) is 11.3 Å². The summed E-state index contributed by atoms with van der Waals surface area (Å²) in [5, 5.41) is 8.48. The molecule has 4 nitrogen and oxygen atoms in total. The first kappa shape index (κ1) is 16.4. The van der Waals surface area contributed by atoms with Crippen LogP contribution in [0.1, 0.15) is 10.4 Å². The van der Waals surface area contributed by atoms with Gasteiger partial charge in [-0.25, -0.2) is 4.79 Å². The predicted octanol–water partition coefficient (Wildman–Crippen LogP) is 1.86. The minimum atomic E-state index is -1.17. The third kappa shape index (κ3) is 5.04. The first-order valence-electron chi connectivity index (χ1n) is 4.33. The monoisotopic (exact) mass is 307 g/mol. The normalized spacial score (nSPS) is 10.4. The average molecular weight is 308 g/mol. The summed E-state index contributed by atoms with van der Waals surface area (Å²) in [6.07, 6.45) is 0.812. The molecule has 1 radical (unpaired) electrons. The Morgan fingerprint density at radius 2 is 1.82 bits per heavy atom. The van der Waals surface area contributed by atoms with Crippen LogP contribution in [0.4, 0.5) is 0 Å². The predicted molar refractivity (Wildman–Crippen MR) is 67.7 cm³/mol. The second-order valence-electron chi connectivity index (χ2n) is 2.89. The van der Waals surface area contributed by atoms with Crippen molar-refractivity contribution in [2.24, 2.45) is 0 Å². The van der Waals surface area contributed by atoms with Gasteiger partial charge in [-0.05, 0) is 40.2 Å². The standard InChI is InChI=1S/C11H9BrO4.Na/c1-16-8-4-2-7(3-5-8)11(15)9(12)6-10(13)14;/h2-6H,1H3,(H,13,14);/b9-6+;. The van der Waals surface area contributed by atoms with Gasteiger partial charge in [0.05, 0.1) is 11.6 Å². The van der Waals surface area contributed by atoms with Gasteiger partial charge in [-0.1, -0.05) is 0 Å². The fourth-order valence-electron chi connectivity index (χ4n) is 1.05. The first-order chi connectivity index (χ1) is 7.54. The number of hydrogen-bond acceptors (Lipinski definition) is 3. The largest absolute Gasteiger partial charge is 0.497 e. The van der Waals surface area contributed by atoms with Crippen LogP contribution in [0.3, 0.4) is 0 Å². The van der Waals surface area contributed by atoms with Gasteiger partial charge in [0.2, 0.25) is 0 Å². The zero-order chi connectivity index (χ0) is 12.1. The van der Waals surface area contributed by atoms with Gasteiger partial charge in [-0.15, -0.1) is 0 Å². The quantitative estimate of drug-likeness (QED) is 0.524. The number of methoxy groups -OCH3 is 1. The number of rotatable bonds is 4. The molecule has 6 heteroatoms. The molecular formula is C11H9BrNaO4. The molecule has 85 valence electrons. The second-order valence-corrected chi connectivity index (χ2v) is 3.74. The van der Waals surface area contributed by atoms with Crippen LogP contribution in [0.5, 0.6) is 5.75 Å². The number of ether oxygens (including phenoxy) is 1. The molecule has 0 saturated carbocycles. The number of carboxylic acid groups (broad SMARTS) is 1. The number of carbonyl (C=O) groups excluding carboxylic acids is 1. The van der Waals surface area contributed by atoms with Gasteiger partial charge in [0.1, 0.15) is 5.75 Å². The number of allylic oxidation sites excluding steroid dienone is 1. The van der Waals surface area contributed by atoms with E-state index in [1.807, 2.05) is 0 Å². The Morgan fingerprint density at radius 3 is 2.24 bits per heavy atom. The fourth-order valence-corrected chi connectivity index (χ4v) is 1.48. The number of carbonyl (C=O) groups is 2. The van der Waals surface area contributed by atoms with Crippen molar-refractivity contribution in [3.05, 3.63) is 40.4 Å². The number of hydrogen-bond donors (Lipinski definition) is 1. The average Bonchev–Trinajstić information content (AvgIpc) is 2.27. The number of benzene rings is 1. The molecule has 1 aromatic carbocycles. The Hall–Kier alpha value is -0.620. The minimum absolute atomic E-state index is 0. The van der Waals surface area contributed by atoms with Gasteiger partial charge in [0, 0.05) is 41.2 Å². The van der Waals surface area contributed by atoms with Crippen molar-refractivity contribution >= 4 is 57.2 Å². The summed E-state index contributed by atoms with van der Waals surface area (Å²) in [4.78, 5) is 22.0. The van der Waals surface area contributed by atoms with Crippen LogP contribution in [0, 0.1) is 0 Å². The van der Waals surface area contributed by atoms with Gasteiger partial charge >= 0.3 is 5.97 Å². The third-order valence-corrected chi connectivity index (χ3v) is 2.41. The van der Waals surface area contributed by atoms with Gasteiger partial charge in [-0.3, -0.25) is 4.79 Å². The van der Waals surface area contributed by atoms with Crippen LogP contribution in [-0.2, 0) is 4.79 Å². The zero-order valence-electron chi connectivity index (χ0n) is 9.44. The molecule has 0 heterocycles. The molecule has 0 aliphatic carbocycles. The molecule has 0 bridgehead atoms. The summed E-state index contributed by atoms with van der Waals surface area (Å²) in [6, 6.07) is 6.40. The minimum Gasteiger partial charge on any atom is -0.497 e. The number of ketones is 1.